The van der Waals surface area contributed by atoms with Crippen LogP contribution < -0.4 is 5.56 Å². The predicted octanol–water partition coefficient (Wildman–Crippen LogP) is 4.98. The fraction of sp³-hybridized carbons (Fsp3) is 0.438. The molecule has 0 radical (unpaired) electrons. The van der Waals surface area contributed by atoms with E-state index >= 15 is 0 Å². The van der Waals surface area contributed by atoms with Gasteiger partial charge in [-0.05, 0) is 53.5 Å². The van der Waals surface area contributed by atoms with E-state index in [0.717, 1.165) is 73.3 Å². The summed E-state index contributed by atoms with van der Waals surface area (Å²) in [5, 5.41) is 14.5. The van der Waals surface area contributed by atoms with E-state index in [1.165, 1.54) is 0 Å². The summed E-state index contributed by atoms with van der Waals surface area (Å²) < 4.78 is 1.77. The molecule has 0 unspecified atom stereocenters. The molecular formula is C32H39N7O2. The summed E-state index contributed by atoms with van der Waals surface area (Å²) in [5.41, 5.74) is 5.06. The molecule has 41 heavy (non-hydrogen) atoms. The number of aryl methyl sites for hydroxylation is 2. The van der Waals surface area contributed by atoms with E-state index in [9.17, 15) is 9.59 Å². The minimum Gasteiger partial charge on any atom is -0.342 e. The van der Waals surface area contributed by atoms with E-state index in [1.54, 1.807) is 4.57 Å². The van der Waals surface area contributed by atoms with Crippen LogP contribution >= 0.6 is 0 Å². The van der Waals surface area contributed by atoms with E-state index in [-0.39, 0.29) is 23.3 Å². The van der Waals surface area contributed by atoms with E-state index in [4.69, 9.17) is 4.98 Å². The van der Waals surface area contributed by atoms with Crippen molar-refractivity contribution in [3.05, 3.63) is 81.5 Å². The second kappa shape index (κ2) is 12.2. The smallest absolute Gasteiger partial charge is 0.257 e. The van der Waals surface area contributed by atoms with Gasteiger partial charge in [0.05, 0.1) is 13.0 Å². The van der Waals surface area contributed by atoms with Gasteiger partial charge in [-0.2, -0.15) is 5.21 Å². The Balaban J connectivity index is 1.43. The van der Waals surface area contributed by atoms with E-state index in [0.29, 0.717) is 23.6 Å². The molecule has 9 nitrogen and oxygen atoms in total. The van der Waals surface area contributed by atoms with Crippen LogP contribution in [0.1, 0.15) is 69.1 Å². The monoisotopic (exact) mass is 553 g/mol. The van der Waals surface area contributed by atoms with Crippen molar-refractivity contribution in [3.63, 3.8) is 0 Å². The molecular weight excluding hydrogens is 514 g/mol. The minimum atomic E-state index is -0.111. The molecule has 2 aromatic heterocycles. The number of aromatic amines is 1. The highest BCUT2D eigenvalue weighted by Crippen LogP contribution is 2.30. The lowest BCUT2D eigenvalue weighted by atomic mass is 9.84. The Labute approximate surface area is 241 Å². The van der Waals surface area contributed by atoms with E-state index in [2.05, 4.69) is 53.5 Å². The van der Waals surface area contributed by atoms with Crippen molar-refractivity contribution in [3.8, 4) is 22.5 Å². The number of hydrogen-bond donors (Lipinski definition) is 1. The summed E-state index contributed by atoms with van der Waals surface area (Å²) in [6, 6.07) is 16.1. The van der Waals surface area contributed by atoms with Crippen molar-refractivity contribution in [1.29, 1.82) is 0 Å². The molecule has 2 aromatic carbocycles. The van der Waals surface area contributed by atoms with Crippen LogP contribution in [0.4, 0.5) is 0 Å². The lowest BCUT2D eigenvalue weighted by molar-refractivity contribution is -0.133. The number of hydrogen-bond acceptors (Lipinski definition) is 6. The Morgan fingerprint density at radius 2 is 1.83 bits per heavy atom. The van der Waals surface area contributed by atoms with Crippen LogP contribution in [-0.4, -0.2) is 54.1 Å². The highest BCUT2D eigenvalue weighted by atomic mass is 16.2. The van der Waals surface area contributed by atoms with Gasteiger partial charge in [0.1, 0.15) is 5.82 Å². The molecule has 4 aromatic rings. The van der Waals surface area contributed by atoms with Crippen LogP contribution in [0.15, 0.2) is 53.3 Å². The average molecular weight is 554 g/mol. The lowest BCUT2D eigenvalue weighted by Crippen LogP contribution is -2.45. The first-order chi connectivity index (χ1) is 19.8. The highest BCUT2D eigenvalue weighted by Gasteiger charge is 2.30. The summed E-state index contributed by atoms with van der Waals surface area (Å²) >= 11 is 0. The van der Waals surface area contributed by atoms with Gasteiger partial charge in [0.25, 0.3) is 5.56 Å². The molecule has 1 aliphatic heterocycles. The van der Waals surface area contributed by atoms with Crippen LogP contribution in [0.5, 0.6) is 0 Å². The normalized spacial score (nSPS) is 14.8. The standard InChI is InChI=1S/C32H39N7O2/c1-5-6-12-28-33-22(2)27(19-29(40)38-18-9-17-32(3,4)21-38)31(41)39(28)20-23-13-15-24(16-14-23)25-10-7-8-11-26(25)30-34-36-37-35-30/h7-8,10-11,13-16H,5-6,9,12,17-21H2,1-4H3,(H,34,35,36,37). The van der Waals surface area contributed by atoms with Gasteiger partial charge < -0.3 is 4.90 Å². The van der Waals surface area contributed by atoms with Crippen molar-refractivity contribution in [1.82, 2.24) is 35.1 Å². The fourth-order valence-electron chi connectivity index (χ4n) is 5.73. The number of benzene rings is 2. The number of piperidine rings is 1. The number of unbranched alkanes of at least 4 members (excludes halogenated alkanes) is 1. The fourth-order valence-corrected chi connectivity index (χ4v) is 5.73. The van der Waals surface area contributed by atoms with E-state index < -0.39 is 0 Å². The van der Waals surface area contributed by atoms with Crippen LogP contribution in [0.3, 0.4) is 0 Å². The Morgan fingerprint density at radius 3 is 2.51 bits per heavy atom. The van der Waals surface area contributed by atoms with Crippen molar-refractivity contribution < 1.29 is 4.79 Å². The lowest BCUT2D eigenvalue weighted by Gasteiger charge is -2.38. The van der Waals surface area contributed by atoms with Crippen LogP contribution in [0.25, 0.3) is 22.5 Å². The SMILES string of the molecule is CCCCc1nc(C)c(CC(=O)N2CCCC(C)(C)C2)c(=O)n1Cc1ccc(-c2ccccc2-c2nn[nH]n2)cc1. The third-order valence-corrected chi connectivity index (χ3v) is 8.00. The van der Waals surface area contributed by atoms with Crippen LogP contribution in [0, 0.1) is 12.3 Å². The van der Waals surface area contributed by atoms with Crippen molar-refractivity contribution >= 4 is 5.91 Å². The number of carbonyl (C=O) groups excluding carboxylic acids is 1. The summed E-state index contributed by atoms with van der Waals surface area (Å²) in [5.74, 6) is 1.33. The molecule has 0 spiro atoms. The van der Waals surface area contributed by atoms with Crippen LogP contribution in [0.2, 0.25) is 0 Å². The molecule has 3 heterocycles. The molecule has 1 saturated heterocycles. The van der Waals surface area contributed by atoms with Crippen LogP contribution in [-0.2, 0) is 24.2 Å². The summed E-state index contributed by atoms with van der Waals surface area (Å²) in [7, 11) is 0. The zero-order valence-electron chi connectivity index (χ0n) is 24.5. The van der Waals surface area contributed by atoms with Crippen molar-refractivity contribution in [2.45, 2.75) is 72.8 Å². The van der Waals surface area contributed by atoms with Gasteiger partial charge in [0, 0.05) is 36.3 Å². The summed E-state index contributed by atoms with van der Waals surface area (Å²) in [4.78, 5) is 34.0. The molecule has 5 rings (SSSR count). The van der Waals surface area contributed by atoms with Gasteiger partial charge >= 0.3 is 0 Å². The molecule has 0 aliphatic carbocycles. The quantitative estimate of drug-likeness (QED) is 0.313. The molecule has 1 N–H and O–H groups in total. The van der Waals surface area contributed by atoms with Gasteiger partial charge in [-0.3, -0.25) is 14.2 Å². The maximum absolute atomic E-state index is 13.9. The topological polar surface area (TPSA) is 110 Å². The van der Waals surface area contributed by atoms with Gasteiger partial charge in [0.2, 0.25) is 11.7 Å². The van der Waals surface area contributed by atoms with Gasteiger partial charge in [-0.15, -0.1) is 10.2 Å². The Bertz CT molecular complexity index is 1560. The Morgan fingerprint density at radius 1 is 1.07 bits per heavy atom. The number of aromatic nitrogens is 6. The first-order valence-corrected chi connectivity index (χ1v) is 14.5. The number of tetrazole rings is 1. The van der Waals surface area contributed by atoms with Gasteiger partial charge in [-0.25, -0.2) is 4.98 Å². The molecule has 214 valence electrons. The number of rotatable bonds is 9. The number of nitrogens with one attached hydrogen (secondary N) is 1. The van der Waals surface area contributed by atoms with E-state index in [1.807, 2.05) is 48.2 Å². The van der Waals surface area contributed by atoms with Crippen molar-refractivity contribution in [2.24, 2.45) is 5.41 Å². The second-order valence-electron chi connectivity index (χ2n) is 11.8. The predicted molar refractivity (Wildman–Crippen MR) is 159 cm³/mol. The van der Waals surface area contributed by atoms with Gasteiger partial charge in [0.15, 0.2) is 0 Å². The largest absolute Gasteiger partial charge is 0.342 e. The Kier molecular flexibility index (Phi) is 8.42. The molecule has 1 fully saturated rings. The number of carbonyl (C=O) groups is 1. The first-order valence-electron chi connectivity index (χ1n) is 14.5. The molecule has 1 amide bonds. The summed E-state index contributed by atoms with van der Waals surface area (Å²) in [6.45, 7) is 10.3. The molecule has 0 saturated carbocycles. The Hall–Kier alpha value is -4.14. The molecule has 0 bridgehead atoms. The number of amides is 1. The number of likely N-dealkylation sites (tertiary alicyclic amines) is 1. The number of H-pyrrole nitrogens is 1. The first kappa shape index (κ1) is 28.4. The number of nitrogens with zero attached hydrogens (tertiary/aromatic N) is 6. The molecule has 0 atom stereocenters. The zero-order valence-corrected chi connectivity index (χ0v) is 24.5. The maximum Gasteiger partial charge on any atom is 0.257 e. The zero-order chi connectivity index (χ0) is 29.0. The maximum atomic E-state index is 13.9. The minimum absolute atomic E-state index is 0.0113. The average Bonchev–Trinajstić information content (AvgIpc) is 3.51. The third-order valence-electron chi connectivity index (χ3n) is 8.00. The molecule has 9 heteroatoms. The van der Waals surface area contributed by atoms with Crippen molar-refractivity contribution in [2.75, 3.05) is 13.1 Å². The highest BCUT2D eigenvalue weighted by molar-refractivity contribution is 5.80. The van der Waals surface area contributed by atoms with Gasteiger partial charge in [-0.1, -0.05) is 75.7 Å². The third kappa shape index (κ3) is 6.45. The summed E-state index contributed by atoms with van der Waals surface area (Å²) in [6.07, 6.45) is 4.86. The molecule has 1 aliphatic rings. The second-order valence-corrected chi connectivity index (χ2v) is 11.8.